The molecular weight excluding hydrogens is 230 g/mol. The van der Waals surface area contributed by atoms with Crippen LogP contribution in [-0.4, -0.2) is 18.4 Å². The quantitative estimate of drug-likeness (QED) is 0.374. The van der Waals surface area contributed by atoms with Gasteiger partial charge in [-0.1, -0.05) is 26.0 Å². The average Bonchev–Trinajstić information content (AvgIpc) is 2.38. The first-order valence-electron chi connectivity index (χ1n) is 5.96. The first-order valence-corrected chi connectivity index (χ1v) is 5.96. The van der Waals surface area contributed by atoms with E-state index in [1.54, 1.807) is 6.92 Å². The number of carbonyl (C=O) groups is 1. The lowest BCUT2D eigenvalue weighted by atomic mass is 10.2. The summed E-state index contributed by atoms with van der Waals surface area (Å²) in [6, 6.07) is 7.56. The van der Waals surface area contributed by atoms with Crippen LogP contribution >= 0.6 is 0 Å². The van der Waals surface area contributed by atoms with Gasteiger partial charge in [0.1, 0.15) is 0 Å². The molecule has 0 atom stereocenters. The molecule has 0 heterocycles. The van der Waals surface area contributed by atoms with Gasteiger partial charge in [-0.2, -0.15) is 0 Å². The third-order valence-electron chi connectivity index (χ3n) is 1.81. The second-order valence-electron chi connectivity index (χ2n) is 3.20. The minimum atomic E-state index is -0.623. The van der Waals surface area contributed by atoms with E-state index in [-0.39, 0.29) is 12.4 Å². The fourth-order valence-electron chi connectivity index (χ4n) is 1.09. The van der Waals surface area contributed by atoms with Crippen molar-refractivity contribution in [1.82, 2.24) is 0 Å². The predicted molar refractivity (Wildman–Crippen MR) is 74.4 cm³/mol. The number of ether oxygens (including phenoxy) is 1. The number of nitrogens with zero attached hydrogens (tertiary/aromatic N) is 1. The highest BCUT2D eigenvalue weighted by atomic mass is 16.5. The van der Waals surface area contributed by atoms with Crippen LogP contribution in [0, 0.1) is 6.92 Å². The molecule has 5 nitrogen and oxygen atoms in total. The van der Waals surface area contributed by atoms with E-state index in [2.05, 4.69) is 15.3 Å². The zero-order chi connectivity index (χ0) is 14.0. The summed E-state index contributed by atoms with van der Waals surface area (Å²) < 4.78 is 4.68. The molecule has 18 heavy (non-hydrogen) atoms. The van der Waals surface area contributed by atoms with Crippen molar-refractivity contribution in [3.05, 3.63) is 29.8 Å². The molecule has 1 aromatic carbocycles. The van der Waals surface area contributed by atoms with Crippen molar-refractivity contribution in [3.8, 4) is 0 Å². The molecule has 0 aliphatic rings. The zero-order valence-corrected chi connectivity index (χ0v) is 11.4. The van der Waals surface area contributed by atoms with Crippen molar-refractivity contribution in [1.29, 1.82) is 0 Å². The summed E-state index contributed by atoms with van der Waals surface area (Å²) >= 11 is 0. The van der Waals surface area contributed by atoms with E-state index in [9.17, 15) is 4.79 Å². The molecule has 3 N–H and O–H groups in total. The number of rotatable bonds is 3. The van der Waals surface area contributed by atoms with Crippen LogP contribution in [-0.2, 0) is 9.53 Å². The maximum atomic E-state index is 11.1. The van der Waals surface area contributed by atoms with E-state index in [0.717, 1.165) is 11.3 Å². The molecule has 0 spiro atoms. The summed E-state index contributed by atoms with van der Waals surface area (Å²) in [5.74, 6) is -0.814. The number of nitrogens with two attached hydrogens (primary N) is 1. The largest absolute Gasteiger partial charge is 0.460 e. The standard InChI is InChI=1S/C11H15N3O2.C2H6/c1-3-16-11(15)10(12)14-13-9-6-4-5-8(2)7-9;1-2/h4-7,13H,3H2,1-2H3,(H2,12,14);1-2H3. The van der Waals surface area contributed by atoms with Crippen LogP contribution in [0.25, 0.3) is 0 Å². The number of hydrogen-bond acceptors (Lipinski definition) is 4. The van der Waals surface area contributed by atoms with Crippen LogP contribution in [0.2, 0.25) is 0 Å². The van der Waals surface area contributed by atoms with Crippen LogP contribution in [0.4, 0.5) is 5.69 Å². The number of esters is 1. The van der Waals surface area contributed by atoms with E-state index < -0.39 is 5.97 Å². The van der Waals surface area contributed by atoms with E-state index in [1.165, 1.54) is 0 Å². The van der Waals surface area contributed by atoms with Gasteiger partial charge in [0.25, 0.3) is 0 Å². The molecule has 100 valence electrons. The number of amidine groups is 1. The Morgan fingerprint density at radius 2 is 2.11 bits per heavy atom. The molecule has 1 aromatic rings. The van der Waals surface area contributed by atoms with E-state index in [1.807, 2.05) is 45.0 Å². The van der Waals surface area contributed by atoms with Crippen molar-refractivity contribution in [2.24, 2.45) is 10.8 Å². The minimum absolute atomic E-state index is 0.191. The second-order valence-corrected chi connectivity index (χ2v) is 3.20. The van der Waals surface area contributed by atoms with Crippen LogP contribution < -0.4 is 11.2 Å². The molecule has 0 amide bonds. The van der Waals surface area contributed by atoms with Gasteiger partial charge in [0, 0.05) is 0 Å². The second kappa shape index (κ2) is 9.04. The molecule has 0 radical (unpaired) electrons. The number of nitrogens with one attached hydrogen (secondary N) is 1. The summed E-state index contributed by atoms with van der Waals surface area (Å²) in [5.41, 5.74) is 9.95. The minimum Gasteiger partial charge on any atom is -0.460 e. The smallest absolute Gasteiger partial charge is 0.375 e. The third-order valence-corrected chi connectivity index (χ3v) is 1.81. The highest BCUT2D eigenvalue weighted by Gasteiger charge is 2.06. The molecule has 0 saturated heterocycles. The Labute approximate surface area is 108 Å². The molecule has 0 aliphatic carbocycles. The van der Waals surface area contributed by atoms with Crippen LogP contribution in [0.1, 0.15) is 26.3 Å². The maximum Gasteiger partial charge on any atom is 0.375 e. The fraction of sp³-hybridized carbons (Fsp3) is 0.385. The number of hydrogen-bond donors (Lipinski definition) is 2. The lowest BCUT2D eigenvalue weighted by molar-refractivity contribution is -0.135. The van der Waals surface area contributed by atoms with E-state index >= 15 is 0 Å². The Morgan fingerprint density at radius 1 is 1.44 bits per heavy atom. The van der Waals surface area contributed by atoms with Gasteiger partial charge in [-0.15, -0.1) is 5.10 Å². The number of aryl methyl sites for hydroxylation is 1. The molecule has 0 bridgehead atoms. The van der Waals surface area contributed by atoms with Gasteiger partial charge >= 0.3 is 5.97 Å². The molecular formula is C13H21N3O2. The first kappa shape index (κ1) is 16.0. The molecule has 5 heteroatoms. The SMILES string of the molecule is CC.CCOC(=O)/C(N)=N\Nc1cccc(C)c1. The van der Waals surface area contributed by atoms with Crippen molar-refractivity contribution >= 4 is 17.5 Å². The molecule has 0 fully saturated rings. The normalized spacial score (nSPS) is 10.1. The van der Waals surface area contributed by atoms with Gasteiger partial charge in [0.15, 0.2) is 0 Å². The third kappa shape index (κ3) is 5.89. The number of benzene rings is 1. The number of hydrazone groups is 1. The molecule has 0 aliphatic heterocycles. The van der Waals surface area contributed by atoms with E-state index in [0.29, 0.717) is 0 Å². The van der Waals surface area contributed by atoms with Crippen molar-refractivity contribution in [2.75, 3.05) is 12.0 Å². The maximum absolute atomic E-state index is 11.1. The Hall–Kier alpha value is -2.04. The zero-order valence-electron chi connectivity index (χ0n) is 11.4. The Morgan fingerprint density at radius 3 is 2.67 bits per heavy atom. The van der Waals surface area contributed by atoms with Gasteiger partial charge in [-0.05, 0) is 31.5 Å². The van der Waals surface area contributed by atoms with Crippen LogP contribution in [0.3, 0.4) is 0 Å². The Kier molecular flexibility index (Phi) is 8.01. The van der Waals surface area contributed by atoms with Gasteiger partial charge in [-0.25, -0.2) is 4.79 Å². The summed E-state index contributed by atoms with van der Waals surface area (Å²) in [5, 5.41) is 3.72. The monoisotopic (exact) mass is 251 g/mol. The summed E-state index contributed by atoms with van der Waals surface area (Å²) in [6.45, 7) is 7.95. The highest BCUT2D eigenvalue weighted by molar-refractivity contribution is 6.34. The van der Waals surface area contributed by atoms with Gasteiger partial charge in [0.2, 0.25) is 5.84 Å². The van der Waals surface area contributed by atoms with Gasteiger partial charge in [-0.3, -0.25) is 5.43 Å². The fourth-order valence-corrected chi connectivity index (χ4v) is 1.09. The molecule has 0 aromatic heterocycles. The topological polar surface area (TPSA) is 76.7 Å². The van der Waals surface area contributed by atoms with Crippen LogP contribution in [0.5, 0.6) is 0 Å². The van der Waals surface area contributed by atoms with Crippen molar-refractivity contribution < 1.29 is 9.53 Å². The first-order chi connectivity index (χ1) is 8.63. The lowest BCUT2D eigenvalue weighted by Crippen LogP contribution is -2.27. The summed E-state index contributed by atoms with van der Waals surface area (Å²) in [4.78, 5) is 11.1. The molecule has 0 unspecified atom stereocenters. The predicted octanol–water partition coefficient (Wildman–Crippen LogP) is 2.27. The van der Waals surface area contributed by atoms with Crippen molar-refractivity contribution in [3.63, 3.8) is 0 Å². The van der Waals surface area contributed by atoms with Gasteiger partial charge < -0.3 is 10.5 Å². The number of anilines is 1. The van der Waals surface area contributed by atoms with Crippen molar-refractivity contribution in [2.45, 2.75) is 27.7 Å². The number of carbonyl (C=O) groups excluding carboxylic acids is 1. The Balaban J connectivity index is 0.00000137. The molecule has 0 saturated carbocycles. The van der Waals surface area contributed by atoms with Crippen LogP contribution in [0.15, 0.2) is 29.4 Å². The Bertz CT molecular complexity index is 403. The highest BCUT2D eigenvalue weighted by Crippen LogP contribution is 2.08. The summed E-state index contributed by atoms with van der Waals surface area (Å²) in [7, 11) is 0. The average molecular weight is 251 g/mol. The summed E-state index contributed by atoms with van der Waals surface area (Å²) in [6.07, 6.45) is 0. The van der Waals surface area contributed by atoms with E-state index in [4.69, 9.17) is 5.73 Å². The van der Waals surface area contributed by atoms with Gasteiger partial charge in [0.05, 0.1) is 12.3 Å². The lowest BCUT2D eigenvalue weighted by Gasteiger charge is -2.03. The molecule has 1 rings (SSSR count).